The normalized spacial score (nSPS) is 13.6. The molecule has 224 valence electrons. The summed E-state index contributed by atoms with van der Waals surface area (Å²) in [5, 5.41) is 30.1. The molecule has 1 fully saturated rings. The molecule has 44 heavy (non-hydrogen) atoms. The van der Waals surface area contributed by atoms with E-state index in [9.17, 15) is 24.5 Å². The molecule has 4 aromatic rings. The Morgan fingerprint density at radius 1 is 0.932 bits per heavy atom. The summed E-state index contributed by atoms with van der Waals surface area (Å²) in [5.74, 6) is -0.704. The number of thioether (sulfide) groups is 1. The first-order chi connectivity index (χ1) is 21.3. The highest BCUT2D eigenvalue weighted by Crippen LogP contribution is 2.31. The highest BCUT2D eigenvalue weighted by Gasteiger charge is 2.22. The third-order valence-electron chi connectivity index (χ3n) is 6.57. The van der Waals surface area contributed by atoms with E-state index in [2.05, 4.69) is 31.6 Å². The molecule has 13 nitrogen and oxygen atoms in total. The van der Waals surface area contributed by atoms with Crippen LogP contribution in [0.4, 0.5) is 17.1 Å². The topological polar surface area (TPSA) is 181 Å². The molecule has 0 saturated carbocycles. The van der Waals surface area contributed by atoms with Crippen molar-refractivity contribution in [2.75, 3.05) is 18.4 Å². The van der Waals surface area contributed by atoms with Crippen LogP contribution in [0, 0.1) is 10.1 Å². The van der Waals surface area contributed by atoms with Crippen molar-refractivity contribution in [1.29, 1.82) is 0 Å². The summed E-state index contributed by atoms with van der Waals surface area (Å²) < 4.78 is 5.13. The summed E-state index contributed by atoms with van der Waals surface area (Å²) in [5.41, 5.74) is 2.54. The number of thiocarbonyl (C=S) groups is 1. The number of aromatic nitrogens is 2. The van der Waals surface area contributed by atoms with Crippen LogP contribution in [0.3, 0.4) is 0 Å². The Kier molecular flexibility index (Phi) is 9.56. The van der Waals surface area contributed by atoms with Gasteiger partial charge >= 0.3 is 5.69 Å². The second kappa shape index (κ2) is 13.9. The molecule has 0 unspecified atom stereocenters. The molecule has 3 amide bonds. The number of nitrogens with zero attached hydrogens (tertiary/aromatic N) is 3. The molecular weight excluding hydrogens is 606 g/mol. The maximum absolute atomic E-state index is 12.9. The van der Waals surface area contributed by atoms with Crippen LogP contribution in [0.2, 0.25) is 0 Å². The van der Waals surface area contributed by atoms with Crippen LogP contribution in [0.25, 0.3) is 17.1 Å². The lowest BCUT2D eigenvalue weighted by molar-refractivity contribution is -0.383. The van der Waals surface area contributed by atoms with E-state index in [1.165, 1.54) is 23.9 Å². The van der Waals surface area contributed by atoms with Gasteiger partial charge < -0.3 is 21.3 Å². The van der Waals surface area contributed by atoms with Gasteiger partial charge in [-0.15, -0.1) is 0 Å². The van der Waals surface area contributed by atoms with Gasteiger partial charge in [-0.2, -0.15) is 0 Å². The summed E-state index contributed by atoms with van der Waals surface area (Å²) in [6.45, 7) is 0.925. The van der Waals surface area contributed by atoms with Crippen LogP contribution in [0.1, 0.15) is 45.5 Å². The van der Waals surface area contributed by atoms with E-state index in [0.29, 0.717) is 51.2 Å². The Bertz CT molecular complexity index is 1790. The molecule has 5 rings (SSSR count). The quantitative estimate of drug-likeness (QED) is 0.0560. The molecule has 0 bridgehead atoms. The first-order valence-electron chi connectivity index (χ1n) is 13.5. The number of hydrogen-bond acceptors (Lipinski definition) is 11. The Morgan fingerprint density at radius 2 is 1.64 bits per heavy atom. The zero-order valence-corrected chi connectivity index (χ0v) is 24.6. The third-order valence-corrected chi connectivity index (χ3v) is 7.73. The van der Waals surface area contributed by atoms with Gasteiger partial charge in [-0.05, 0) is 71.5 Å². The van der Waals surface area contributed by atoms with Crippen molar-refractivity contribution in [2.24, 2.45) is 0 Å². The van der Waals surface area contributed by atoms with E-state index in [0.717, 1.165) is 18.4 Å². The SMILES string of the molecule is O=C1NC(=S)S/C1=C\c1ccc(C(=O)NCCCCCNC(=O)c2ccccc2Nc2ccc([N+](=O)[O-])c3nonc23)cc1. The van der Waals surface area contributed by atoms with Gasteiger partial charge in [0.15, 0.2) is 5.52 Å². The molecule has 15 heteroatoms. The van der Waals surface area contributed by atoms with E-state index in [1.54, 1.807) is 54.6 Å². The summed E-state index contributed by atoms with van der Waals surface area (Å²) in [6.07, 6.45) is 3.96. The summed E-state index contributed by atoms with van der Waals surface area (Å²) in [6, 6.07) is 16.6. The van der Waals surface area contributed by atoms with Crippen LogP contribution in [-0.4, -0.2) is 50.4 Å². The van der Waals surface area contributed by atoms with Gasteiger partial charge in [0.25, 0.3) is 17.7 Å². The maximum atomic E-state index is 12.9. The second-order valence-corrected chi connectivity index (χ2v) is 11.3. The smallest absolute Gasteiger partial charge is 0.300 e. The molecule has 0 atom stereocenters. The van der Waals surface area contributed by atoms with Gasteiger partial charge in [0, 0.05) is 24.7 Å². The molecule has 0 aliphatic carbocycles. The number of anilines is 2. The fourth-order valence-corrected chi connectivity index (χ4v) is 5.41. The minimum atomic E-state index is -0.569. The number of fused-ring (bicyclic) bond motifs is 1. The second-order valence-electron chi connectivity index (χ2n) is 9.57. The molecule has 1 aliphatic heterocycles. The number of carbonyl (C=O) groups is 3. The van der Waals surface area contributed by atoms with E-state index >= 15 is 0 Å². The summed E-state index contributed by atoms with van der Waals surface area (Å²) >= 11 is 6.19. The number of nitro groups is 1. The van der Waals surface area contributed by atoms with Crippen molar-refractivity contribution < 1.29 is 23.9 Å². The van der Waals surface area contributed by atoms with E-state index < -0.39 is 4.92 Å². The van der Waals surface area contributed by atoms with E-state index in [1.807, 2.05) is 0 Å². The highest BCUT2D eigenvalue weighted by molar-refractivity contribution is 8.26. The molecule has 3 aromatic carbocycles. The van der Waals surface area contributed by atoms with Gasteiger partial charge in [-0.1, -0.05) is 48.2 Å². The van der Waals surface area contributed by atoms with E-state index in [-0.39, 0.29) is 34.4 Å². The first-order valence-corrected chi connectivity index (χ1v) is 14.7. The Labute approximate surface area is 260 Å². The fourth-order valence-electron chi connectivity index (χ4n) is 4.37. The number of para-hydroxylation sites is 1. The number of rotatable bonds is 12. The average Bonchev–Trinajstić information content (AvgIpc) is 3.63. The largest absolute Gasteiger partial charge is 0.353 e. The summed E-state index contributed by atoms with van der Waals surface area (Å²) in [4.78, 5) is 48.4. The number of non-ortho nitro benzene ring substituents is 1. The average molecular weight is 632 g/mol. The highest BCUT2D eigenvalue weighted by atomic mass is 32.2. The molecule has 0 spiro atoms. The van der Waals surface area contributed by atoms with Crippen molar-refractivity contribution in [1.82, 2.24) is 26.3 Å². The first kappa shape index (κ1) is 30.3. The minimum Gasteiger partial charge on any atom is -0.353 e. The molecule has 0 radical (unpaired) electrons. The van der Waals surface area contributed by atoms with Gasteiger partial charge in [0.1, 0.15) is 4.32 Å². The van der Waals surface area contributed by atoms with Gasteiger partial charge in [0.05, 0.1) is 26.8 Å². The Morgan fingerprint density at radius 3 is 2.34 bits per heavy atom. The number of nitrogens with one attached hydrogen (secondary N) is 4. The van der Waals surface area contributed by atoms with Crippen molar-refractivity contribution in [3.63, 3.8) is 0 Å². The lowest BCUT2D eigenvalue weighted by Gasteiger charge is -2.12. The predicted molar refractivity (Wildman–Crippen MR) is 169 cm³/mol. The van der Waals surface area contributed by atoms with E-state index in [4.69, 9.17) is 16.8 Å². The third kappa shape index (κ3) is 7.25. The van der Waals surface area contributed by atoms with Crippen LogP contribution in [0.15, 0.2) is 70.2 Å². The summed E-state index contributed by atoms with van der Waals surface area (Å²) in [7, 11) is 0. The monoisotopic (exact) mass is 631 g/mol. The number of unbranched alkanes of at least 4 members (excludes halogenated alkanes) is 2. The Balaban J connectivity index is 1.05. The maximum Gasteiger partial charge on any atom is 0.300 e. The van der Waals surface area contributed by atoms with Gasteiger partial charge in [-0.3, -0.25) is 24.5 Å². The number of benzene rings is 3. The lowest BCUT2D eigenvalue weighted by Crippen LogP contribution is -2.26. The van der Waals surface area contributed by atoms with Crippen LogP contribution < -0.4 is 21.3 Å². The number of carbonyl (C=O) groups excluding carboxylic acids is 3. The molecule has 4 N–H and O–H groups in total. The lowest BCUT2D eigenvalue weighted by atomic mass is 10.1. The number of nitro benzene ring substituents is 1. The molecule has 1 aliphatic rings. The fraction of sp³-hybridized carbons (Fsp3) is 0.172. The van der Waals surface area contributed by atoms with Gasteiger partial charge in [0.2, 0.25) is 5.52 Å². The van der Waals surface area contributed by atoms with Crippen LogP contribution >= 0.6 is 24.0 Å². The van der Waals surface area contributed by atoms with Crippen molar-refractivity contribution in [3.05, 3.63) is 92.4 Å². The van der Waals surface area contributed by atoms with Crippen LogP contribution in [0.5, 0.6) is 0 Å². The number of hydrogen-bond donors (Lipinski definition) is 4. The predicted octanol–water partition coefficient (Wildman–Crippen LogP) is 4.69. The molecule has 1 saturated heterocycles. The van der Waals surface area contributed by atoms with Gasteiger partial charge in [-0.25, -0.2) is 4.63 Å². The zero-order valence-electron chi connectivity index (χ0n) is 23.0. The molecule has 2 heterocycles. The minimum absolute atomic E-state index is 0.00489. The molecular formula is C29H25N7O6S2. The van der Waals surface area contributed by atoms with Crippen molar-refractivity contribution in [2.45, 2.75) is 19.3 Å². The standard InChI is InChI=1S/C29H25N7O6S2/c37-26(18-10-8-17(9-11-18)16-23-28(39)33-29(43)44-23)30-14-4-1-5-15-31-27(38)19-6-2-3-7-20(19)32-21-12-13-22(36(40)41)25-24(21)34-42-35-25/h2-3,6-13,16,32H,1,4-5,14-15H2,(H,30,37)(H,31,38)(H,33,39,43)/b23-16-. The zero-order chi connectivity index (χ0) is 31.1. The Hall–Kier alpha value is -5.15. The molecule has 1 aromatic heterocycles. The van der Waals surface area contributed by atoms with Crippen LogP contribution in [-0.2, 0) is 4.79 Å². The number of amides is 3. The van der Waals surface area contributed by atoms with Crippen molar-refractivity contribution >= 4 is 80.2 Å². The van der Waals surface area contributed by atoms with Crippen molar-refractivity contribution in [3.8, 4) is 0 Å².